The van der Waals surface area contributed by atoms with Crippen molar-refractivity contribution in [1.29, 1.82) is 0 Å². The van der Waals surface area contributed by atoms with E-state index in [-0.39, 0.29) is 0 Å². The molecule has 0 aliphatic rings. The highest BCUT2D eigenvalue weighted by molar-refractivity contribution is 5.13. The molecule has 0 aliphatic carbocycles. The summed E-state index contributed by atoms with van der Waals surface area (Å²) in [5, 5.41) is 8.23. The molecule has 1 rings (SSSR count). The van der Waals surface area contributed by atoms with Crippen LogP contribution >= 0.6 is 0 Å². The van der Waals surface area contributed by atoms with Crippen LogP contribution in [0.2, 0.25) is 0 Å². The number of hydrogen-bond donors (Lipinski definition) is 1. The number of aryl methyl sites for hydroxylation is 2. The molecule has 104 valence electrons. The maximum Gasteiger partial charge on any atom is 0.0597 e. The van der Waals surface area contributed by atoms with E-state index in [1.165, 1.54) is 25.0 Å². The minimum absolute atomic E-state index is 0.452. The summed E-state index contributed by atoms with van der Waals surface area (Å²) in [6, 6.07) is 2.69. The lowest BCUT2D eigenvalue weighted by molar-refractivity contribution is 0.415. The molecule has 3 nitrogen and oxygen atoms in total. The van der Waals surface area contributed by atoms with Gasteiger partial charge in [-0.05, 0) is 51.6 Å². The van der Waals surface area contributed by atoms with Crippen LogP contribution in [0.25, 0.3) is 0 Å². The molecular formula is C15H29N3. The van der Waals surface area contributed by atoms with Crippen molar-refractivity contribution < 1.29 is 0 Å². The number of nitrogens with one attached hydrogen (secondary N) is 1. The second-order valence-electron chi connectivity index (χ2n) is 5.50. The van der Waals surface area contributed by atoms with Crippen molar-refractivity contribution in [3.8, 4) is 0 Å². The van der Waals surface area contributed by atoms with Gasteiger partial charge in [0.2, 0.25) is 0 Å². The molecule has 0 bridgehead atoms. The molecule has 0 saturated heterocycles. The third-order valence-corrected chi connectivity index (χ3v) is 3.26. The van der Waals surface area contributed by atoms with Crippen LogP contribution in [-0.4, -0.2) is 16.3 Å². The Morgan fingerprint density at radius 3 is 2.56 bits per heavy atom. The van der Waals surface area contributed by atoms with Gasteiger partial charge >= 0.3 is 0 Å². The summed E-state index contributed by atoms with van der Waals surface area (Å²) in [7, 11) is 0. The van der Waals surface area contributed by atoms with Crippen LogP contribution in [0.4, 0.5) is 0 Å². The smallest absolute Gasteiger partial charge is 0.0597 e. The molecule has 0 radical (unpaired) electrons. The van der Waals surface area contributed by atoms with Crippen LogP contribution < -0.4 is 5.32 Å². The van der Waals surface area contributed by atoms with Crippen LogP contribution in [0.3, 0.4) is 0 Å². The Balaban J connectivity index is 2.78. The largest absolute Gasteiger partial charge is 0.309 e. The fraction of sp³-hybridized carbons (Fsp3) is 0.800. The second-order valence-corrected chi connectivity index (χ2v) is 5.50. The molecule has 3 heteroatoms. The Morgan fingerprint density at radius 1 is 1.28 bits per heavy atom. The lowest BCUT2D eigenvalue weighted by Crippen LogP contribution is -2.25. The average molecular weight is 251 g/mol. The Bertz CT molecular complexity index is 342. The van der Waals surface area contributed by atoms with Gasteiger partial charge in [0.15, 0.2) is 0 Å². The molecule has 0 aliphatic heterocycles. The number of aromatic nitrogens is 2. The molecule has 1 unspecified atom stereocenters. The summed E-state index contributed by atoms with van der Waals surface area (Å²) in [6.07, 6.45) is 3.63. The van der Waals surface area contributed by atoms with Crippen molar-refractivity contribution >= 4 is 0 Å². The van der Waals surface area contributed by atoms with Gasteiger partial charge in [-0.25, -0.2) is 0 Å². The third-order valence-electron chi connectivity index (χ3n) is 3.26. The number of nitrogens with zero attached hydrogens (tertiary/aromatic N) is 2. The molecule has 0 fully saturated rings. The minimum atomic E-state index is 0.452. The highest BCUT2D eigenvalue weighted by Crippen LogP contribution is 2.22. The predicted octanol–water partition coefficient (Wildman–Crippen LogP) is 3.69. The van der Waals surface area contributed by atoms with Gasteiger partial charge in [-0.15, -0.1) is 0 Å². The summed E-state index contributed by atoms with van der Waals surface area (Å²) in [5.74, 6) is 0.759. The van der Waals surface area contributed by atoms with E-state index in [4.69, 9.17) is 0 Å². The molecule has 1 N–H and O–H groups in total. The van der Waals surface area contributed by atoms with Crippen LogP contribution in [0.1, 0.15) is 64.4 Å². The number of hydrogen-bond acceptors (Lipinski definition) is 2. The first kappa shape index (κ1) is 15.2. The van der Waals surface area contributed by atoms with Crippen molar-refractivity contribution in [2.45, 2.75) is 66.5 Å². The number of rotatable bonds is 8. The van der Waals surface area contributed by atoms with Crippen molar-refractivity contribution in [3.05, 3.63) is 17.5 Å². The van der Waals surface area contributed by atoms with Gasteiger partial charge in [-0.3, -0.25) is 4.68 Å². The van der Waals surface area contributed by atoms with Gasteiger partial charge < -0.3 is 5.32 Å². The standard InChI is InChI=1S/C15H29N3/c1-6-10-16-14(9-8-12(3)4)15-11-13(5)17-18(15)7-2/h11-12,14,16H,6-10H2,1-5H3. The molecule has 1 aromatic rings. The lowest BCUT2D eigenvalue weighted by atomic mass is 10.0. The van der Waals surface area contributed by atoms with E-state index < -0.39 is 0 Å². The topological polar surface area (TPSA) is 29.9 Å². The molecule has 1 heterocycles. The second kappa shape index (κ2) is 7.57. The third kappa shape index (κ3) is 4.45. The first-order valence-electron chi connectivity index (χ1n) is 7.36. The fourth-order valence-corrected chi connectivity index (χ4v) is 2.27. The normalized spacial score (nSPS) is 13.2. The van der Waals surface area contributed by atoms with Crippen molar-refractivity contribution in [2.75, 3.05) is 6.54 Å². The average Bonchev–Trinajstić information content (AvgIpc) is 2.70. The van der Waals surface area contributed by atoms with Crippen molar-refractivity contribution in [3.63, 3.8) is 0 Å². The van der Waals surface area contributed by atoms with E-state index in [1.54, 1.807) is 0 Å². The highest BCUT2D eigenvalue weighted by atomic mass is 15.3. The van der Waals surface area contributed by atoms with Gasteiger partial charge in [-0.1, -0.05) is 20.8 Å². The zero-order chi connectivity index (χ0) is 13.5. The van der Waals surface area contributed by atoms with E-state index in [0.717, 1.165) is 24.7 Å². The summed E-state index contributed by atoms with van der Waals surface area (Å²) in [4.78, 5) is 0. The van der Waals surface area contributed by atoms with E-state index >= 15 is 0 Å². The first-order chi connectivity index (χ1) is 8.58. The van der Waals surface area contributed by atoms with Crippen LogP contribution in [-0.2, 0) is 6.54 Å². The van der Waals surface area contributed by atoms with Gasteiger partial charge in [0.1, 0.15) is 0 Å². The molecule has 0 amide bonds. The van der Waals surface area contributed by atoms with Crippen LogP contribution in [0, 0.1) is 12.8 Å². The first-order valence-corrected chi connectivity index (χ1v) is 7.36. The molecular weight excluding hydrogens is 222 g/mol. The van der Waals surface area contributed by atoms with Gasteiger partial charge in [0, 0.05) is 12.6 Å². The SMILES string of the molecule is CCCNC(CCC(C)C)c1cc(C)nn1CC. The maximum absolute atomic E-state index is 4.56. The van der Waals surface area contributed by atoms with E-state index in [2.05, 4.69) is 55.8 Å². The summed E-state index contributed by atoms with van der Waals surface area (Å²) >= 11 is 0. The maximum atomic E-state index is 4.56. The Hall–Kier alpha value is -0.830. The Kier molecular flexibility index (Phi) is 6.41. The predicted molar refractivity (Wildman–Crippen MR) is 77.7 cm³/mol. The van der Waals surface area contributed by atoms with Gasteiger partial charge in [0.25, 0.3) is 0 Å². The fourth-order valence-electron chi connectivity index (χ4n) is 2.27. The summed E-state index contributed by atoms with van der Waals surface area (Å²) in [5.41, 5.74) is 2.48. The van der Waals surface area contributed by atoms with Crippen molar-refractivity contribution in [1.82, 2.24) is 15.1 Å². The molecule has 1 atom stereocenters. The van der Waals surface area contributed by atoms with Gasteiger partial charge in [0.05, 0.1) is 11.4 Å². The van der Waals surface area contributed by atoms with Crippen LogP contribution in [0.5, 0.6) is 0 Å². The zero-order valence-corrected chi connectivity index (χ0v) is 12.7. The molecule has 0 spiro atoms. The Morgan fingerprint density at radius 2 is 2.00 bits per heavy atom. The van der Waals surface area contributed by atoms with Crippen molar-refractivity contribution in [2.24, 2.45) is 5.92 Å². The van der Waals surface area contributed by atoms with E-state index in [0.29, 0.717) is 6.04 Å². The lowest BCUT2D eigenvalue weighted by Gasteiger charge is -2.20. The molecule has 18 heavy (non-hydrogen) atoms. The van der Waals surface area contributed by atoms with Crippen LogP contribution in [0.15, 0.2) is 6.07 Å². The quantitative estimate of drug-likeness (QED) is 0.763. The van der Waals surface area contributed by atoms with Gasteiger partial charge in [-0.2, -0.15) is 5.10 Å². The summed E-state index contributed by atoms with van der Waals surface area (Å²) < 4.78 is 2.14. The molecule has 0 saturated carbocycles. The molecule has 0 aromatic carbocycles. The highest BCUT2D eigenvalue weighted by Gasteiger charge is 2.16. The monoisotopic (exact) mass is 251 g/mol. The van der Waals surface area contributed by atoms with E-state index in [9.17, 15) is 0 Å². The molecule has 1 aromatic heterocycles. The zero-order valence-electron chi connectivity index (χ0n) is 12.7. The van der Waals surface area contributed by atoms with E-state index in [1.807, 2.05) is 0 Å². The minimum Gasteiger partial charge on any atom is -0.309 e. The Labute approximate surface area is 112 Å². The summed E-state index contributed by atoms with van der Waals surface area (Å²) in [6.45, 7) is 13.1.